The van der Waals surface area contributed by atoms with Crippen LogP contribution in [0.4, 0.5) is 5.69 Å². The third kappa shape index (κ3) is 2.02. The molecular weight excluding hydrogens is 308 g/mol. The molecule has 0 spiro atoms. The Morgan fingerprint density at radius 2 is 2.00 bits per heavy atom. The second-order valence-corrected chi connectivity index (χ2v) is 6.10. The number of nitrogens with two attached hydrogens (primary N) is 1. The number of fused-ring (bicyclic) bond motifs is 1. The van der Waals surface area contributed by atoms with Gasteiger partial charge in [0.25, 0.3) is 0 Å². The van der Waals surface area contributed by atoms with Crippen LogP contribution >= 0.6 is 27.3 Å². The van der Waals surface area contributed by atoms with Crippen LogP contribution in [0, 0.1) is 6.92 Å². The van der Waals surface area contributed by atoms with Gasteiger partial charge in [-0.2, -0.15) is 0 Å². The van der Waals surface area contributed by atoms with Crippen LogP contribution in [0.3, 0.4) is 0 Å². The lowest BCUT2D eigenvalue weighted by molar-refractivity contribution is 1.41. The fourth-order valence-electron chi connectivity index (χ4n) is 1.84. The minimum atomic E-state index is 0.782. The number of hydrogen-bond donors (Lipinski definition) is 1. The molecule has 0 amide bonds. The predicted octanol–water partition coefficient (Wildman–Crippen LogP) is 4.62. The van der Waals surface area contributed by atoms with E-state index in [0.29, 0.717) is 0 Å². The predicted molar refractivity (Wildman–Crippen MR) is 81.9 cm³/mol. The van der Waals surface area contributed by atoms with Gasteiger partial charge in [-0.3, -0.25) is 0 Å². The van der Waals surface area contributed by atoms with E-state index in [0.717, 1.165) is 30.9 Å². The highest BCUT2D eigenvalue weighted by atomic mass is 79.9. The number of anilines is 1. The molecule has 0 saturated carbocycles. The average Bonchev–Trinajstić information content (AvgIpc) is 2.75. The summed E-state index contributed by atoms with van der Waals surface area (Å²) in [5.41, 5.74) is 9.94. The van der Waals surface area contributed by atoms with Crippen LogP contribution < -0.4 is 5.73 Å². The summed E-state index contributed by atoms with van der Waals surface area (Å²) < 4.78 is 2.25. The van der Waals surface area contributed by atoms with Gasteiger partial charge in [-0.25, -0.2) is 4.98 Å². The van der Waals surface area contributed by atoms with E-state index in [9.17, 15) is 0 Å². The normalized spacial score (nSPS) is 11.0. The van der Waals surface area contributed by atoms with Gasteiger partial charge in [0.05, 0.1) is 10.2 Å². The van der Waals surface area contributed by atoms with Gasteiger partial charge >= 0.3 is 0 Å². The van der Waals surface area contributed by atoms with Crippen molar-refractivity contribution in [1.82, 2.24) is 4.98 Å². The Morgan fingerprint density at radius 1 is 1.17 bits per heavy atom. The first kappa shape index (κ1) is 11.7. The molecule has 1 aromatic heterocycles. The lowest BCUT2D eigenvalue weighted by Crippen LogP contribution is -1.81. The van der Waals surface area contributed by atoms with E-state index < -0.39 is 0 Å². The van der Waals surface area contributed by atoms with Crippen LogP contribution in [0.25, 0.3) is 20.8 Å². The fourth-order valence-corrected chi connectivity index (χ4v) is 3.10. The Bertz CT molecular complexity index is 734. The Labute approximate surface area is 118 Å². The molecular formula is C14H11BrN2S. The quantitative estimate of drug-likeness (QED) is 0.665. The minimum Gasteiger partial charge on any atom is -0.399 e. The Hall–Kier alpha value is -1.39. The van der Waals surface area contributed by atoms with Crippen molar-refractivity contribution in [3.63, 3.8) is 0 Å². The zero-order chi connectivity index (χ0) is 12.7. The highest BCUT2D eigenvalue weighted by Gasteiger charge is 2.07. The maximum absolute atomic E-state index is 5.79. The number of halogens is 1. The molecule has 0 atom stereocenters. The summed E-state index contributed by atoms with van der Waals surface area (Å²) >= 11 is 5.19. The van der Waals surface area contributed by atoms with E-state index in [2.05, 4.69) is 46.0 Å². The number of nitrogen functional groups attached to an aromatic ring is 1. The molecule has 2 aromatic carbocycles. The van der Waals surface area contributed by atoms with E-state index >= 15 is 0 Å². The minimum absolute atomic E-state index is 0.782. The standard InChI is InChI=1S/C14H11BrN2S/c1-8-6-9(2-4-11(8)15)14-17-12-5-3-10(16)7-13(12)18-14/h2-7H,16H2,1H3. The van der Waals surface area contributed by atoms with Crippen LogP contribution in [-0.2, 0) is 0 Å². The summed E-state index contributed by atoms with van der Waals surface area (Å²) in [7, 11) is 0. The third-order valence-corrected chi connectivity index (χ3v) is 4.77. The lowest BCUT2D eigenvalue weighted by Gasteiger charge is -2.00. The number of nitrogens with zero attached hydrogens (tertiary/aromatic N) is 1. The van der Waals surface area contributed by atoms with E-state index in [1.54, 1.807) is 11.3 Å². The fraction of sp³-hybridized carbons (Fsp3) is 0.0714. The zero-order valence-electron chi connectivity index (χ0n) is 9.77. The van der Waals surface area contributed by atoms with E-state index in [-0.39, 0.29) is 0 Å². The Balaban J connectivity index is 2.16. The third-order valence-electron chi connectivity index (χ3n) is 2.82. The molecule has 90 valence electrons. The summed E-state index contributed by atoms with van der Waals surface area (Å²) in [4.78, 5) is 4.64. The monoisotopic (exact) mass is 318 g/mol. The van der Waals surface area contributed by atoms with Crippen LogP contribution in [0.15, 0.2) is 40.9 Å². The molecule has 1 heterocycles. The molecule has 2 N–H and O–H groups in total. The van der Waals surface area contributed by atoms with Gasteiger partial charge in [0.15, 0.2) is 0 Å². The summed E-state index contributed by atoms with van der Waals surface area (Å²) in [6.07, 6.45) is 0. The number of thiazole rings is 1. The molecule has 2 nitrogen and oxygen atoms in total. The van der Waals surface area contributed by atoms with E-state index in [1.807, 2.05) is 18.2 Å². The SMILES string of the molecule is Cc1cc(-c2nc3ccc(N)cc3s2)ccc1Br. The van der Waals surface area contributed by atoms with Crippen LogP contribution in [-0.4, -0.2) is 4.98 Å². The van der Waals surface area contributed by atoms with Gasteiger partial charge in [-0.05, 0) is 42.8 Å². The summed E-state index contributed by atoms with van der Waals surface area (Å²) in [5.74, 6) is 0. The van der Waals surface area contributed by atoms with Crippen molar-refractivity contribution in [3.05, 3.63) is 46.4 Å². The van der Waals surface area contributed by atoms with Gasteiger partial charge in [0.1, 0.15) is 5.01 Å². The number of aryl methyl sites for hydroxylation is 1. The molecule has 0 fully saturated rings. The first-order chi connectivity index (χ1) is 8.63. The van der Waals surface area contributed by atoms with Crippen LogP contribution in [0.5, 0.6) is 0 Å². The van der Waals surface area contributed by atoms with Crippen molar-refractivity contribution in [3.8, 4) is 10.6 Å². The summed E-state index contributed by atoms with van der Waals surface area (Å²) in [6.45, 7) is 2.08. The van der Waals surface area contributed by atoms with Gasteiger partial charge in [-0.15, -0.1) is 11.3 Å². The molecule has 0 unspecified atom stereocenters. The number of rotatable bonds is 1. The Morgan fingerprint density at radius 3 is 2.78 bits per heavy atom. The van der Waals surface area contributed by atoms with Crippen molar-refractivity contribution in [1.29, 1.82) is 0 Å². The molecule has 18 heavy (non-hydrogen) atoms. The molecule has 0 aliphatic heterocycles. The first-order valence-corrected chi connectivity index (χ1v) is 7.17. The number of hydrogen-bond acceptors (Lipinski definition) is 3. The number of aromatic nitrogens is 1. The van der Waals surface area contributed by atoms with Crippen LogP contribution in [0.1, 0.15) is 5.56 Å². The van der Waals surface area contributed by atoms with Crippen molar-refractivity contribution < 1.29 is 0 Å². The van der Waals surface area contributed by atoms with Crippen molar-refractivity contribution in [2.24, 2.45) is 0 Å². The molecule has 0 aliphatic rings. The molecule has 3 aromatic rings. The van der Waals surface area contributed by atoms with Crippen molar-refractivity contribution in [2.75, 3.05) is 5.73 Å². The molecule has 0 aliphatic carbocycles. The van der Waals surface area contributed by atoms with Gasteiger partial charge in [0, 0.05) is 15.7 Å². The van der Waals surface area contributed by atoms with Gasteiger partial charge < -0.3 is 5.73 Å². The van der Waals surface area contributed by atoms with E-state index in [4.69, 9.17) is 5.73 Å². The van der Waals surface area contributed by atoms with Crippen molar-refractivity contribution in [2.45, 2.75) is 6.92 Å². The molecule has 0 bridgehead atoms. The maximum atomic E-state index is 5.79. The summed E-state index contributed by atoms with van der Waals surface area (Å²) in [6, 6.07) is 12.1. The largest absolute Gasteiger partial charge is 0.399 e. The van der Waals surface area contributed by atoms with Gasteiger partial charge in [-0.1, -0.05) is 22.0 Å². The highest BCUT2D eigenvalue weighted by molar-refractivity contribution is 9.10. The summed E-state index contributed by atoms with van der Waals surface area (Å²) in [5, 5.41) is 1.03. The van der Waals surface area contributed by atoms with Gasteiger partial charge in [0.2, 0.25) is 0 Å². The second-order valence-electron chi connectivity index (χ2n) is 4.21. The van der Waals surface area contributed by atoms with E-state index in [1.165, 1.54) is 5.56 Å². The average molecular weight is 319 g/mol. The maximum Gasteiger partial charge on any atom is 0.124 e. The topological polar surface area (TPSA) is 38.9 Å². The van der Waals surface area contributed by atoms with Crippen molar-refractivity contribution >= 4 is 43.2 Å². The number of benzene rings is 2. The van der Waals surface area contributed by atoms with Crippen LogP contribution in [0.2, 0.25) is 0 Å². The molecule has 0 saturated heterocycles. The smallest absolute Gasteiger partial charge is 0.124 e. The molecule has 0 radical (unpaired) electrons. The molecule has 4 heteroatoms. The Kier molecular flexibility index (Phi) is 2.84. The second kappa shape index (κ2) is 4.37. The first-order valence-electron chi connectivity index (χ1n) is 5.56. The zero-order valence-corrected chi connectivity index (χ0v) is 12.2. The molecule has 3 rings (SSSR count). The lowest BCUT2D eigenvalue weighted by atomic mass is 10.1. The highest BCUT2D eigenvalue weighted by Crippen LogP contribution is 2.32.